The zero-order chi connectivity index (χ0) is 15.1. The highest BCUT2D eigenvalue weighted by Gasteiger charge is 2.59. The molecule has 0 aliphatic heterocycles. The Bertz CT molecular complexity index is 545. The van der Waals surface area contributed by atoms with Gasteiger partial charge in [0.05, 0.1) is 31.3 Å². The number of hydrogen-bond acceptors (Lipinski definition) is 6. The third kappa shape index (κ3) is 1.73. The molecule has 0 unspecified atom stereocenters. The van der Waals surface area contributed by atoms with Crippen LogP contribution in [0.2, 0.25) is 0 Å². The van der Waals surface area contributed by atoms with Crippen LogP contribution in [-0.4, -0.2) is 43.0 Å². The van der Waals surface area contributed by atoms with Gasteiger partial charge in [0.1, 0.15) is 11.2 Å². The van der Waals surface area contributed by atoms with Gasteiger partial charge in [-0.1, -0.05) is 0 Å². The van der Waals surface area contributed by atoms with Gasteiger partial charge < -0.3 is 14.6 Å². The van der Waals surface area contributed by atoms with Crippen LogP contribution >= 0.6 is 0 Å². The quantitative estimate of drug-likeness (QED) is 0.730. The maximum Gasteiger partial charge on any atom is 0.335 e. The predicted molar refractivity (Wildman–Crippen MR) is 63.5 cm³/mol. The molecule has 2 atom stereocenters. The third-order valence-corrected chi connectivity index (χ3v) is 4.03. The summed E-state index contributed by atoms with van der Waals surface area (Å²) in [7, 11) is 2.22. The first-order valence-electron chi connectivity index (χ1n) is 6.06. The molecule has 1 fully saturated rings. The second-order valence-electron chi connectivity index (χ2n) is 4.89. The number of rotatable bonds is 3. The van der Waals surface area contributed by atoms with E-state index in [9.17, 15) is 24.3 Å². The topological polar surface area (TPSA) is 107 Å². The van der Waals surface area contributed by atoms with Gasteiger partial charge in [0, 0.05) is 6.42 Å². The maximum absolute atomic E-state index is 12.0. The van der Waals surface area contributed by atoms with Gasteiger partial charge in [0.2, 0.25) is 0 Å². The summed E-state index contributed by atoms with van der Waals surface area (Å²) in [6.07, 6.45) is 0.0532. The fourth-order valence-corrected chi connectivity index (χ4v) is 3.06. The van der Waals surface area contributed by atoms with Crippen LogP contribution in [0.5, 0.6) is 0 Å². The molecule has 108 valence electrons. The SMILES string of the molecule is COC(=O)C1=C(C(=O)OC)[C@]2(C(=O)O)CC[C@H]1C(=O)C2. The number of hydrogen-bond donors (Lipinski definition) is 1. The van der Waals surface area contributed by atoms with Gasteiger partial charge in [-0.2, -0.15) is 0 Å². The van der Waals surface area contributed by atoms with Gasteiger partial charge >= 0.3 is 17.9 Å². The van der Waals surface area contributed by atoms with E-state index in [1.54, 1.807) is 0 Å². The molecule has 3 aliphatic rings. The molecule has 0 radical (unpaired) electrons. The van der Waals surface area contributed by atoms with Crippen molar-refractivity contribution in [3.8, 4) is 0 Å². The zero-order valence-corrected chi connectivity index (χ0v) is 11.1. The zero-order valence-electron chi connectivity index (χ0n) is 11.1. The molecule has 0 aromatic rings. The standard InChI is InChI=1S/C13H14O7/c1-19-10(15)8-6-3-4-13(12(17)18,5-7(6)14)9(8)11(16)20-2/h6H,3-5H2,1-2H3,(H,17,18)/t6-,13-/m0/s1. The number of carboxylic acid groups (broad SMARTS) is 1. The molecule has 1 saturated carbocycles. The lowest BCUT2D eigenvalue weighted by Gasteiger charge is -2.43. The minimum atomic E-state index is -1.68. The van der Waals surface area contributed by atoms with Crippen molar-refractivity contribution in [3.63, 3.8) is 0 Å². The van der Waals surface area contributed by atoms with E-state index >= 15 is 0 Å². The van der Waals surface area contributed by atoms with Crippen molar-refractivity contribution in [2.45, 2.75) is 19.3 Å². The fourth-order valence-electron chi connectivity index (χ4n) is 3.06. The van der Waals surface area contributed by atoms with Crippen LogP contribution in [0, 0.1) is 11.3 Å². The van der Waals surface area contributed by atoms with E-state index in [1.165, 1.54) is 0 Å². The molecule has 3 aliphatic carbocycles. The molecule has 0 spiro atoms. The Labute approximate surface area is 114 Å². The van der Waals surface area contributed by atoms with Crippen LogP contribution in [0.3, 0.4) is 0 Å². The summed E-state index contributed by atoms with van der Waals surface area (Å²) < 4.78 is 9.19. The summed E-state index contributed by atoms with van der Waals surface area (Å²) in [5.74, 6) is -4.19. The Morgan fingerprint density at radius 3 is 2.25 bits per heavy atom. The van der Waals surface area contributed by atoms with E-state index in [-0.39, 0.29) is 36.2 Å². The van der Waals surface area contributed by atoms with Gasteiger partial charge in [-0.15, -0.1) is 0 Å². The Morgan fingerprint density at radius 2 is 1.80 bits per heavy atom. The summed E-state index contributed by atoms with van der Waals surface area (Å²) in [6, 6.07) is 0. The van der Waals surface area contributed by atoms with Crippen molar-refractivity contribution in [2.75, 3.05) is 14.2 Å². The van der Waals surface area contributed by atoms with Crippen LogP contribution in [0.15, 0.2) is 11.1 Å². The van der Waals surface area contributed by atoms with Crippen LogP contribution in [-0.2, 0) is 28.7 Å². The molecule has 0 amide bonds. The summed E-state index contributed by atoms with van der Waals surface area (Å²) in [4.78, 5) is 47.4. The van der Waals surface area contributed by atoms with Crippen molar-refractivity contribution >= 4 is 23.7 Å². The van der Waals surface area contributed by atoms with Gasteiger partial charge in [0.15, 0.2) is 0 Å². The number of ketones is 1. The Hall–Kier alpha value is -2.18. The lowest BCUT2D eigenvalue weighted by Crippen LogP contribution is -2.51. The Balaban J connectivity index is 2.74. The van der Waals surface area contributed by atoms with Crippen molar-refractivity contribution in [1.29, 1.82) is 0 Å². The van der Waals surface area contributed by atoms with Gasteiger partial charge in [-0.25, -0.2) is 9.59 Å². The average molecular weight is 282 g/mol. The number of ether oxygens (including phenoxy) is 2. The normalized spacial score (nSPS) is 28.3. The molecule has 1 N–H and O–H groups in total. The number of methoxy groups -OCH3 is 2. The molecular formula is C13H14O7. The highest BCUT2D eigenvalue weighted by atomic mass is 16.5. The van der Waals surface area contributed by atoms with Crippen LogP contribution in [0.4, 0.5) is 0 Å². The maximum atomic E-state index is 12.0. The smallest absolute Gasteiger partial charge is 0.335 e. The van der Waals surface area contributed by atoms with Crippen molar-refractivity contribution in [2.24, 2.45) is 11.3 Å². The lowest BCUT2D eigenvalue weighted by molar-refractivity contribution is -0.158. The first kappa shape index (κ1) is 14.2. The largest absolute Gasteiger partial charge is 0.481 e. The number of carbonyl (C=O) groups is 4. The highest BCUT2D eigenvalue weighted by molar-refractivity contribution is 6.13. The number of aliphatic carboxylic acids is 1. The Kier molecular flexibility index (Phi) is 3.37. The van der Waals surface area contributed by atoms with Crippen molar-refractivity contribution < 1.29 is 33.8 Å². The molecule has 7 heteroatoms. The van der Waals surface area contributed by atoms with E-state index in [0.29, 0.717) is 0 Å². The first-order valence-corrected chi connectivity index (χ1v) is 6.06. The molecule has 0 aromatic carbocycles. The van der Waals surface area contributed by atoms with Crippen molar-refractivity contribution in [3.05, 3.63) is 11.1 Å². The van der Waals surface area contributed by atoms with E-state index in [0.717, 1.165) is 14.2 Å². The minimum absolute atomic E-state index is 0.129. The van der Waals surface area contributed by atoms with Gasteiger partial charge in [-0.05, 0) is 12.8 Å². The molecule has 0 heterocycles. The number of carbonyl (C=O) groups excluding carboxylic acids is 3. The second kappa shape index (κ2) is 4.73. The predicted octanol–water partition coefficient (Wildman–Crippen LogP) is 0.0828. The van der Waals surface area contributed by atoms with E-state index in [1.807, 2.05) is 0 Å². The molecule has 20 heavy (non-hydrogen) atoms. The van der Waals surface area contributed by atoms with Crippen molar-refractivity contribution in [1.82, 2.24) is 0 Å². The van der Waals surface area contributed by atoms with Gasteiger partial charge in [-0.3, -0.25) is 9.59 Å². The second-order valence-corrected chi connectivity index (χ2v) is 4.89. The van der Waals surface area contributed by atoms with E-state index < -0.39 is 29.2 Å². The average Bonchev–Trinajstić information content (AvgIpc) is 2.44. The molecular weight excluding hydrogens is 268 g/mol. The first-order chi connectivity index (χ1) is 9.39. The van der Waals surface area contributed by atoms with Crippen LogP contribution < -0.4 is 0 Å². The molecule has 3 rings (SSSR count). The van der Waals surface area contributed by atoms with E-state index in [4.69, 9.17) is 0 Å². The minimum Gasteiger partial charge on any atom is -0.481 e. The molecule has 2 bridgehead atoms. The summed E-state index contributed by atoms with van der Waals surface area (Å²) in [5.41, 5.74) is -2.08. The van der Waals surface area contributed by atoms with E-state index in [2.05, 4.69) is 9.47 Å². The Morgan fingerprint density at radius 1 is 1.20 bits per heavy atom. The van der Waals surface area contributed by atoms with Crippen LogP contribution in [0.25, 0.3) is 0 Å². The van der Waals surface area contributed by atoms with Crippen LogP contribution in [0.1, 0.15) is 19.3 Å². The summed E-state index contributed by atoms with van der Waals surface area (Å²) in [6.45, 7) is 0. The molecule has 7 nitrogen and oxygen atoms in total. The summed E-state index contributed by atoms with van der Waals surface area (Å²) in [5, 5.41) is 9.47. The fraction of sp³-hybridized carbons (Fsp3) is 0.538. The number of fused-ring (bicyclic) bond motifs is 2. The number of carboxylic acids is 1. The molecule has 0 aromatic heterocycles. The lowest BCUT2D eigenvalue weighted by atomic mass is 9.57. The monoisotopic (exact) mass is 282 g/mol. The molecule has 0 saturated heterocycles. The number of esters is 2. The number of Topliss-reactive ketones (excluding diaryl/α,β-unsaturated/α-hetero) is 1. The summed E-state index contributed by atoms with van der Waals surface area (Å²) >= 11 is 0. The third-order valence-electron chi connectivity index (χ3n) is 4.03. The van der Waals surface area contributed by atoms with Gasteiger partial charge in [0.25, 0.3) is 0 Å². The highest BCUT2D eigenvalue weighted by Crippen LogP contribution is 2.52.